The molecule has 0 fully saturated rings. The van der Waals surface area contributed by atoms with Crippen LogP contribution in [0.1, 0.15) is 46.2 Å². The van der Waals surface area contributed by atoms with Gasteiger partial charge >= 0.3 is 0 Å². The maximum Gasteiger partial charge on any atom is 0.222 e. The normalized spacial score (nSPS) is 11.4. The highest BCUT2D eigenvalue weighted by molar-refractivity contribution is 6.00. The molecule has 31 heavy (non-hydrogen) atoms. The Balaban J connectivity index is 0.000000221. The van der Waals surface area contributed by atoms with Gasteiger partial charge in [-0.2, -0.15) is 0 Å². The highest BCUT2D eigenvalue weighted by Gasteiger charge is 2.20. The van der Waals surface area contributed by atoms with E-state index in [9.17, 15) is 14.7 Å². The van der Waals surface area contributed by atoms with Gasteiger partial charge in [0, 0.05) is 24.3 Å². The maximum absolute atomic E-state index is 11.9. The number of aliphatic hydroxyl groups is 1. The van der Waals surface area contributed by atoms with Gasteiger partial charge in [-0.15, -0.1) is 0 Å². The monoisotopic (exact) mass is 420 g/mol. The average Bonchev–Trinajstić information content (AvgIpc) is 2.84. The minimum Gasteiger partial charge on any atom is -0.380 e. The number of ketones is 2. The summed E-state index contributed by atoms with van der Waals surface area (Å²) in [6.45, 7) is 4.60. The Morgan fingerprint density at radius 3 is 1.48 bits per heavy atom. The van der Waals surface area contributed by atoms with Gasteiger partial charge < -0.3 is 14.6 Å². The van der Waals surface area contributed by atoms with E-state index in [1.165, 1.54) is 0 Å². The van der Waals surface area contributed by atoms with Crippen molar-refractivity contribution < 1.29 is 24.2 Å². The highest BCUT2D eigenvalue weighted by atomic mass is 16.7. The van der Waals surface area contributed by atoms with Gasteiger partial charge in [-0.1, -0.05) is 91.0 Å². The van der Waals surface area contributed by atoms with Crippen LogP contribution >= 0.6 is 0 Å². The number of Topliss-reactive ketones (excluding diaryl/α,β-unsaturated/α-hetero) is 2. The Morgan fingerprint density at radius 1 is 0.677 bits per heavy atom. The number of hydrogen-bond acceptors (Lipinski definition) is 5. The van der Waals surface area contributed by atoms with E-state index in [1.54, 1.807) is 60.7 Å². The van der Waals surface area contributed by atoms with Gasteiger partial charge in [-0.3, -0.25) is 9.59 Å². The Bertz CT molecular complexity index is 904. The number of carbonyl (C=O) groups is 2. The molecule has 3 rings (SSSR count). The van der Waals surface area contributed by atoms with E-state index >= 15 is 0 Å². The van der Waals surface area contributed by atoms with E-state index in [4.69, 9.17) is 9.47 Å². The quantitative estimate of drug-likeness (QED) is 0.395. The van der Waals surface area contributed by atoms with Crippen LogP contribution in [-0.4, -0.2) is 36.2 Å². The fourth-order valence-electron chi connectivity index (χ4n) is 2.79. The molecule has 0 aliphatic heterocycles. The summed E-state index contributed by atoms with van der Waals surface area (Å²) in [4.78, 5) is 23.8. The third kappa shape index (κ3) is 7.57. The summed E-state index contributed by atoms with van der Waals surface area (Å²) >= 11 is 0. The summed E-state index contributed by atoms with van der Waals surface area (Å²) in [5.74, 6) is -0.397. The Kier molecular flexibility index (Phi) is 10.3. The zero-order chi connectivity index (χ0) is 22.5. The van der Waals surface area contributed by atoms with Gasteiger partial charge in [0.2, 0.25) is 12.1 Å². The second-order valence-corrected chi connectivity index (χ2v) is 6.52. The zero-order valence-electron chi connectivity index (χ0n) is 17.8. The molecule has 0 bridgehead atoms. The molecular formula is C26H28O5. The smallest absolute Gasteiger partial charge is 0.222 e. The molecule has 1 atom stereocenters. The van der Waals surface area contributed by atoms with E-state index in [0.29, 0.717) is 29.9 Å². The van der Waals surface area contributed by atoms with Crippen LogP contribution in [0.4, 0.5) is 0 Å². The topological polar surface area (TPSA) is 72.8 Å². The second kappa shape index (κ2) is 13.2. The lowest BCUT2D eigenvalue weighted by atomic mass is 10.0. The molecule has 0 heterocycles. The maximum atomic E-state index is 11.9. The number of aliphatic hydroxyl groups excluding tert-OH is 1. The molecule has 0 aliphatic carbocycles. The summed E-state index contributed by atoms with van der Waals surface area (Å²) in [7, 11) is 0. The van der Waals surface area contributed by atoms with Crippen molar-refractivity contribution in [3.8, 4) is 0 Å². The molecule has 0 radical (unpaired) electrons. The number of rotatable bonds is 9. The molecule has 0 saturated heterocycles. The molecule has 162 valence electrons. The van der Waals surface area contributed by atoms with Crippen LogP contribution < -0.4 is 0 Å². The van der Waals surface area contributed by atoms with Crippen molar-refractivity contribution in [3.63, 3.8) is 0 Å². The summed E-state index contributed by atoms with van der Waals surface area (Å²) in [6.07, 6.45) is -1.86. The molecule has 3 aromatic rings. The van der Waals surface area contributed by atoms with Gasteiger partial charge in [0.15, 0.2) is 5.78 Å². The van der Waals surface area contributed by atoms with Crippen molar-refractivity contribution in [1.82, 2.24) is 0 Å². The summed E-state index contributed by atoms with van der Waals surface area (Å²) < 4.78 is 10.5. The fraction of sp³-hybridized carbons (Fsp3) is 0.231. The lowest BCUT2D eigenvalue weighted by Crippen LogP contribution is -2.27. The van der Waals surface area contributed by atoms with Gasteiger partial charge in [0.05, 0.1) is 0 Å². The van der Waals surface area contributed by atoms with Crippen LogP contribution in [-0.2, 0) is 9.47 Å². The summed E-state index contributed by atoms with van der Waals surface area (Å²) in [5.41, 5.74) is 1.76. The molecule has 5 heteroatoms. The van der Waals surface area contributed by atoms with Crippen molar-refractivity contribution in [2.24, 2.45) is 0 Å². The van der Waals surface area contributed by atoms with Crippen molar-refractivity contribution in [3.05, 3.63) is 108 Å². The molecule has 1 N–H and O–H groups in total. The predicted octanol–water partition coefficient (Wildman–Crippen LogP) is 4.87. The summed E-state index contributed by atoms with van der Waals surface area (Å²) in [6, 6.07) is 26.8. The number of carbonyl (C=O) groups excluding carboxylic acids is 2. The molecule has 0 saturated carbocycles. The molecule has 1 unspecified atom stereocenters. The first-order valence-corrected chi connectivity index (χ1v) is 10.2. The first-order valence-electron chi connectivity index (χ1n) is 10.2. The fourth-order valence-corrected chi connectivity index (χ4v) is 2.79. The Labute approximate surface area is 183 Å². The van der Waals surface area contributed by atoms with Crippen molar-refractivity contribution in [1.29, 1.82) is 0 Å². The second-order valence-electron chi connectivity index (χ2n) is 6.52. The van der Waals surface area contributed by atoms with Crippen LogP contribution in [0.25, 0.3) is 0 Å². The first kappa shape index (κ1) is 24.2. The van der Waals surface area contributed by atoms with Gasteiger partial charge in [-0.25, -0.2) is 0 Å². The van der Waals surface area contributed by atoms with Crippen LogP contribution in [0.2, 0.25) is 0 Å². The van der Waals surface area contributed by atoms with Crippen LogP contribution in [0.5, 0.6) is 0 Å². The van der Waals surface area contributed by atoms with Crippen LogP contribution in [0.3, 0.4) is 0 Å². The molecule has 3 aromatic carbocycles. The van der Waals surface area contributed by atoms with Crippen LogP contribution in [0, 0.1) is 0 Å². The largest absolute Gasteiger partial charge is 0.380 e. The third-order valence-corrected chi connectivity index (χ3v) is 4.33. The van der Waals surface area contributed by atoms with E-state index in [0.717, 1.165) is 0 Å². The predicted molar refractivity (Wildman–Crippen MR) is 120 cm³/mol. The molecule has 0 aromatic heterocycles. The van der Waals surface area contributed by atoms with Gasteiger partial charge in [0.25, 0.3) is 0 Å². The lowest BCUT2D eigenvalue weighted by Gasteiger charge is -2.15. The van der Waals surface area contributed by atoms with E-state index in [1.807, 2.05) is 44.2 Å². The van der Waals surface area contributed by atoms with E-state index < -0.39 is 12.4 Å². The molecule has 0 amide bonds. The SMILES string of the molecule is CCOC(OCC)C(=O)c1ccccc1.O=C(c1ccccc1)C(O)c1ccccc1. The van der Waals surface area contributed by atoms with Gasteiger partial charge in [-0.05, 0) is 19.4 Å². The first-order chi connectivity index (χ1) is 15.1. The summed E-state index contributed by atoms with van der Waals surface area (Å²) in [5, 5.41) is 9.89. The molecule has 0 spiro atoms. The van der Waals surface area contributed by atoms with Crippen molar-refractivity contribution >= 4 is 11.6 Å². The average molecular weight is 421 g/mol. The number of benzene rings is 3. The highest BCUT2D eigenvalue weighted by Crippen LogP contribution is 2.17. The zero-order valence-corrected chi connectivity index (χ0v) is 17.8. The number of ether oxygens (including phenoxy) is 2. The lowest BCUT2D eigenvalue weighted by molar-refractivity contribution is -0.107. The minimum atomic E-state index is -1.08. The van der Waals surface area contributed by atoms with E-state index in [-0.39, 0.29) is 11.6 Å². The van der Waals surface area contributed by atoms with Crippen molar-refractivity contribution in [2.75, 3.05) is 13.2 Å². The minimum absolute atomic E-state index is 0.126. The standard InChI is InChI=1S/C14H12O2.C12H16O3/c15-13(11-7-3-1-4-8-11)14(16)12-9-5-2-6-10-12;1-3-14-12(15-4-2)11(13)10-8-6-5-7-9-10/h1-10,13,15H;5-9,12H,3-4H2,1-2H3. The Morgan fingerprint density at radius 2 is 1.06 bits per heavy atom. The number of hydrogen-bond donors (Lipinski definition) is 1. The Hall–Kier alpha value is -3.12. The van der Waals surface area contributed by atoms with Crippen LogP contribution in [0.15, 0.2) is 91.0 Å². The van der Waals surface area contributed by atoms with Gasteiger partial charge in [0.1, 0.15) is 6.10 Å². The third-order valence-electron chi connectivity index (χ3n) is 4.33. The van der Waals surface area contributed by atoms with E-state index in [2.05, 4.69) is 0 Å². The molecule has 0 aliphatic rings. The molecule has 5 nitrogen and oxygen atoms in total. The molecular weight excluding hydrogens is 392 g/mol. The van der Waals surface area contributed by atoms with Crippen molar-refractivity contribution in [2.45, 2.75) is 26.2 Å².